The van der Waals surface area contributed by atoms with Crippen molar-refractivity contribution >= 4 is 28.9 Å². The van der Waals surface area contributed by atoms with Crippen molar-refractivity contribution in [2.75, 3.05) is 17.7 Å². The van der Waals surface area contributed by atoms with Crippen LogP contribution in [0.3, 0.4) is 0 Å². The van der Waals surface area contributed by atoms with Crippen molar-refractivity contribution < 1.29 is 13.9 Å². The van der Waals surface area contributed by atoms with Gasteiger partial charge in [0, 0.05) is 5.02 Å². The molecule has 0 bridgehead atoms. The SMILES string of the molecule is Cc1cccc(OCC(=O)Nc2ccc(Cl)cc2N)c1F. The third-order valence-corrected chi connectivity index (χ3v) is 3.04. The molecule has 2 aromatic carbocycles. The molecule has 0 saturated heterocycles. The Balaban J connectivity index is 1.97. The first kappa shape index (κ1) is 15.1. The van der Waals surface area contributed by atoms with E-state index in [1.54, 1.807) is 31.2 Å². The summed E-state index contributed by atoms with van der Waals surface area (Å²) in [6.07, 6.45) is 0. The number of rotatable bonds is 4. The molecule has 0 spiro atoms. The molecular weight excluding hydrogens is 295 g/mol. The van der Waals surface area contributed by atoms with Gasteiger partial charge in [0.15, 0.2) is 18.2 Å². The van der Waals surface area contributed by atoms with Crippen molar-refractivity contribution in [2.45, 2.75) is 6.92 Å². The number of benzene rings is 2. The maximum Gasteiger partial charge on any atom is 0.262 e. The van der Waals surface area contributed by atoms with Gasteiger partial charge in [0.1, 0.15) is 0 Å². The van der Waals surface area contributed by atoms with Gasteiger partial charge in [-0.25, -0.2) is 4.39 Å². The number of hydrogen-bond donors (Lipinski definition) is 2. The van der Waals surface area contributed by atoms with Crippen LogP contribution >= 0.6 is 11.6 Å². The molecule has 0 atom stereocenters. The highest BCUT2D eigenvalue weighted by Gasteiger charge is 2.10. The highest BCUT2D eigenvalue weighted by atomic mass is 35.5. The van der Waals surface area contributed by atoms with Gasteiger partial charge in [0.25, 0.3) is 5.91 Å². The lowest BCUT2D eigenvalue weighted by Gasteiger charge is -2.10. The van der Waals surface area contributed by atoms with Crippen molar-refractivity contribution in [3.63, 3.8) is 0 Å². The van der Waals surface area contributed by atoms with E-state index in [1.165, 1.54) is 12.1 Å². The number of aryl methyl sites for hydroxylation is 1. The first-order valence-electron chi connectivity index (χ1n) is 6.20. The molecule has 0 radical (unpaired) electrons. The summed E-state index contributed by atoms with van der Waals surface area (Å²) in [4.78, 5) is 11.8. The molecule has 21 heavy (non-hydrogen) atoms. The van der Waals surface area contributed by atoms with Gasteiger partial charge < -0.3 is 15.8 Å². The Bertz CT molecular complexity index is 677. The number of nitrogen functional groups attached to an aromatic ring is 1. The van der Waals surface area contributed by atoms with Gasteiger partial charge in [-0.3, -0.25) is 4.79 Å². The average molecular weight is 309 g/mol. The maximum absolute atomic E-state index is 13.7. The summed E-state index contributed by atoms with van der Waals surface area (Å²) in [6, 6.07) is 9.46. The summed E-state index contributed by atoms with van der Waals surface area (Å²) >= 11 is 5.77. The molecule has 3 N–H and O–H groups in total. The Morgan fingerprint density at radius 1 is 1.38 bits per heavy atom. The standard InChI is InChI=1S/C15H14ClFN2O2/c1-9-3-2-4-13(15(9)17)21-8-14(20)19-12-6-5-10(16)7-11(12)18/h2-7H,8,18H2,1H3,(H,19,20). The van der Waals surface area contributed by atoms with Crippen LogP contribution in [-0.2, 0) is 4.79 Å². The Kier molecular flexibility index (Phi) is 4.65. The van der Waals surface area contributed by atoms with Gasteiger partial charge in [-0.15, -0.1) is 0 Å². The Morgan fingerprint density at radius 3 is 2.86 bits per heavy atom. The van der Waals surface area contributed by atoms with Crippen molar-refractivity contribution in [3.8, 4) is 5.75 Å². The molecule has 0 heterocycles. The predicted octanol–water partition coefficient (Wildman–Crippen LogP) is 3.39. The molecule has 2 rings (SSSR count). The Morgan fingerprint density at radius 2 is 2.14 bits per heavy atom. The van der Waals surface area contributed by atoms with Crippen LogP contribution in [-0.4, -0.2) is 12.5 Å². The van der Waals surface area contributed by atoms with Crippen molar-refractivity contribution in [2.24, 2.45) is 0 Å². The molecule has 0 saturated carbocycles. The lowest BCUT2D eigenvalue weighted by molar-refractivity contribution is -0.118. The summed E-state index contributed by atoms with van der Waals surface area (Å²) in [6.45, 7) is 1.30. The first-order valence-corrected chi connectivity index (χ1v) is 6.58. The number of nitrogens with two attached hydrogens (primary N) is 1. The minimum atomic E-state index is -0.476. The zero-order chi connectivity index (χ0) is 15.4. The zero-order valence-corrected chi connectivity index (χ0v) is 12.1. The van der Waals surface area contributed by atoms with Gasteiger partial charge in [-0.1, -0.05) is 23.7 Å². The highest BCUT2D eigenvalue weighted by Crippen LogP contribution is 2.23. The second-order valence-corrected chi connectivity index (χ2v) is 4.89. The largest absolute Gasteiger partial charge is 0.481 e. The minimum absolute atomic E-state index is 0.0363. The highest BCUT2D eigenvalue weighted by molar-refractivity contribution is 6.31. The molecule has 0 aliphatic carbocycles. The third-order valence-electron chi connectivity index (χ3n) is 2.80. The lowest BCUT2D eigenvalue weighted by atomic mass is 10.2. The molecule has 0 aliphatic heterocycles. The topological polar surface area (TPSA) is 64.3 Å². The van der Waals surface area contributed by atoms with Crippen LogP contribution < -0.4 is 15.8 Å². The molecule has 0 aliphatic rings. The number of anilines is 2. The van der Waals surface area contributed by atoms with E-state index in [4.69, 9.17) is 22.1 Å². The minimum Gasteiger partial charge on any atom is -0.481 e. The zero-order valence-electron chi connectivity index (χ0n) is 11.3. The fraction of sp³-hybridized carbons (Fsp3) is 0.133. The second kappa shape index (κ2) is 6.45. The van der Waals surface area contributed by atoms with Crippen LogP contribution in [0.25, 0.3) is 0 Å². The summed E-state index contributed by atoms with van der Waals surface area (Å²) < 4.78 is 18.9. The van der Waals surface area contributed by atoms with E-state index >= 15 is 0 Å². The molecule has 0 aromatic heterocycles. The Labute approximate surface area is 126 Å². The van der Waals surface area contributed by atoms with Gasteiger partial charge in [0.2, 0.25) is 0 Å². The normalized spacial score (nSPS) is 10.2. The van der Waals surface area contributed by atoms with E-state index in [0.717, 1.165) is 0 Å². The monoisotopic (exact) mass is 308 g/mol. The summed E-state index contributed by atoms with van der Waals surface area (Å²) in [5.74, 6) is -0.879. The number of halogens is 2. The van der Waals surface area contributed by atoms with E-state index in [2.05, 4.69) is 5.32 Å². The summed E-state index contributed by atoms with van der Waals surface area (Å²) in [7, 11) is 0. The quantitative estimate of drug-likeness (QED) is 0.851. The second-order valence-electron chi connectivity index (χ2n) is 4.46. The molecular formula is C15H14ClFN2O2. The fourth-order valence-corrected chi connectivity index (χ4v) is 1.89. The molecule has 2 aromatic rings. The molecule has 6 heteroatoms. The predicted molar refractivity (Wildman–Crippen MR) is 81.1 cm³/mol. The molecule has 0 fully saturated rings. The number of nitrogens with one attached hydrogen (secondary N) is 1. The van der Waals surface area contributed by atoms with Crippen LogP contribution in [0.1, 0.15) is 5.56 Å². The molecule has 0 unspecified atom stereocenters. The maximum atomic E-state index is 13.7. The molecule has 1 amide bonds. The van der Waals surface area contributed by atoms with Gasteiger partial charge >= 0.3 is 0 Å². The number of hydrogen-bond acceptors (Lipinski definition) is 3. The van der Waals surface area contributed by atoms with Gasteiger partial charge in [-0.2, -0.15) is 0 Å². The molecule has 4 nitrogen and oxygen atoms in total. The van der Waals surface area contributed by atoms with Crippen molar-refractivity contribution in [1.82, 2.24) is 0 Å². The van der Waals surface area contributed by atoms with Crippen molar-refractivity contribution in [3.05, 3.63) is 52.8 Å². The first-order chi connectivity index (χ1) is 9.97. The van der Waals surface area contributed by atoms with Crippen LogP contribution in [0.15, 0.2) is 36.4 Å². The third kappa shape index (κ3) is 3.86. The van der Waals surface area contributed by atoms with E-state index in [0.29, 0.717) is 22.0 Å². The van der Waals surface area contributed by atoms with Crippen molar-refractivity contribution in [1.29, 1.82) is 0 Å². The summed E-state index contributed by atoms with van der Waals surface area (Å²) in [5, 5.41) is 3.05. The van der Waals surface area contributed by atoms with Gasteiger partial charge in [-0.05, 0) is 36.8 Å². The summed E-state index contributed by atoms with van der Waals surface area (Å²) in [5.41, 5.74) is 6.95. The van der Waals surface area contributed by atoms with Crippen LogP contribution in [0.2, 0.25) is 5.02 Å². The van der Waals surface area contributed by atoms with Crippen LogP contribution in [0, 0.1) is 12.7 Å². The number of ether oxygens (including phenoxy) is 1. The van der Waals surface area contributed by atoms with Crippen LogP contribution in [0.4, 0.5) is 15.8 Å². The average Bonchev–Trinajstić information content (AvgIpc) is 2.43. The van der Waals surface area contributed by atoms with E-state index in [9.17, 15) is 9.18 Å². The van der Waals surface area contributed by atoms with E-state index in [-0.39, 0.29) is 12.4 Å². The number of amides is 1. The van der Waals surface area contributed by atoms with E-state index in [1.807, 2.05) is 0 Å². The lowest BCUT2D eigenvalue weighted by Crippen LogP contribution is -2.21. The molecule has 110 valence electrons. The number of carbonyl (C=O) groups excluding carboxylic acids is 1. The van der Waals surface area contributed by atoms with Crippen LogP contribution in [0.5, 0.6) is 5.75 Å². The van der Waals surface area contributed by atoms with Gasteiger partial charge in [0.05, 0.1) is 11.4 Å². The number of carbonyl (C=O) groups is 1. The fourth-order valence-electron chi connectivity index (χ4n) is 1.71. The van der Waals surface area contributed by atoms with E-state index < -0.39 is 11.7 Å². The smallest absolute Gasteiger partial charge is 0.262 e. The Hall–Kier alpha value is -2.27.